The average molecular weight is 381 g/mol. The largest absolute Gasteiger partial charge is 0.444 e. The molecule has 0 aliphatic heterocycles. The van der Waals surface area contributed by atoms with Crippen LogP contribution in [-0.2, 0) is 21.3 Å². The first-order valence-corrected chi connectivity index (χ1v) is 9.96. The van der Waals surface area contributed by atoms with E-state index in [1.165, 1.54) is 10.9 Å². The lowest BCUT2D eigenvalue weighted by Gasteiger charge is -2.04. The van der Waals surface area contributed by atoms with Crippen LogP contribution in [-0.4, -0.2) is 33.6 Å². The maximum absolute atomic E-state index is 12.6. The van der Waals surface area contributed by atoms with Crippen LogP contribution in [0.15, 0.2) is 71.3 Å². The first kappa shape index (κ1) is 17.1. The van der Waals surface area contributed by atoms with E-state index in [1.807, 2.05) is 48.5 Å². The molecule has 0 saturated heterocycles. The van der Waals surface area contributed by atoms with Crippen molar-refractivity contribution in [3.8, 4) is 17.1 Å². The SMILES string of the molecule is O=S(=O)(Cc1coc(-c2ccccc2)n1)Cc1nnnn1-c1ccccc1. The fourth-order valence-corrected chi connectivity index (χ4v) is 3.88. The van der Waals surface area contributed by atoms with Crippen LogP contribution in [0.2, 0.25) is 0 Å². The summed E-state index contributed by atoms with van der Waals surface area (Å²) in [5.41, 5.74) is 1.82. The van der Waals surface area contributed by atoms with Crippen LogP contribution in [0.3, 0.4) is 0 Å². The van der Waals surface area contributed by atoms with Crippen molar-refractivity contribution in [2.24, 2.45) is 0 Å². The second-order valence-corrected chi connectivity index (χ2v) is 7.95. The number of rotatable bonds is 6. The highest BCUT2D eigenvalue weighted by Gasteiger charge is 2.21. The molecular weight excluding hydrogens is 366 g/mol. The van der Waals surface area contributed by atoms with Crippen LogP contribution < -0.4 is 0 Å². The molecule has 27 heavy (non-hydrogen) atoms. The number of oxazole rings is 1. The van der Waals surface area contributed by atoms with Gasteiger partial charge in [-0.3, -0.25) is 0 Å². The Kier molecular flexibility index (Phi) is 4.51. The standard InChI is InChI=1S/C18H15N5O3S/c24-27(25,12-15-11-26-18(19-15)14-7-3-1-4-8-14)13-17-20-21-22-23(17)16-9-5-2-6-10-16/h1-11H,12-13H2. The number of sulfone groups is 1. The van der Waals surface area contributed by atoms with Gasteiger partial charge in [-0.05, 0) is 34.7 Å². The molecule has 0 N–H and O–H groups in total. The normalized spacial score (nSPS) is 11.6. The van der Waals surface area contributed by atoms with Gasteiger partial charge in [-0.25, -0.2) is 13.4 Å². The third kappa shape index (κ3) is 3.93. The van der Waals surface area contributed by atoms with E-state index in [0.29, 0.717) is 17.3 Å². The molecule has 0 saturated carbocycles. The number of aromatic nitrogens is 5. The van der Waals surface area contributed by atoms with Gasteiger partial charge in [0, 0.05) is 5.56 Å². The van der Waals surface area contributed by atoms with E-state index in [-0.39, 0.29) is 17.3 Å². The highest BCUT2D eigenvalue weighted by Crippen LogP contribution is 2.20. The van der Waals surface area contributed by atoms with E-state index >= 15 is 0 Å². The molecule has 0 fully saturated rings. The lowest BCUT2D eigenvalue weighted by Crippen LogP contribution is -2.13. The minimum absolute atomic E-state index is 0.243. The molecule has 9 heteroatoms. The van der Waals surface area contributed by atoms with Gasteiger partial charge in [0.25, 0.3) is 0 Å². The molecule has 0 aliphatic rings. The fourth-order valence-electron chi connectivity index (χ4n) is 2.63. The monoisotopic (exact) mass is 381 g/mol. The Balaban J connectivity index is 1.53. The van der Waals surface area contributed by atoms with Gasteiger partial charge in [-0.15, -0.1) is 5.10 Å². The van der Waals surface area contributed by atoms with E-state index in [9.17, 15) is 8.42 Å². The second kappa shape index (κ2) is 7.12. The number of benzene rings is 2. The van der Waals surface area contributed by atoms with Crippen LogP contribution in [0.25, 0.3) is 17.1 Å². The predicted molar refractivity (Wildman–Crippen MR) is 97.4 cm³/mol. The van der Waals surface area contributed by atoms with Crippen molar-refractivity contribution < 1.29 is 12.8 Å². The zero-order chi connectivity index (χ0) is 18.7. The van der Waals surface area contributed by atoms with Crippen molar-refractivity contribution >= 4 is 9.84 Å². The Morgan fingerprint density at radius 2 is 1.63 bits per heavy atom. The Morgan fingerprint density at radius 3 is 2.37 bits per heavy atom. The highest BCUT2D eigenvalue weighted by atomic mass is 32.2. The molecule has 2 heterocycles. The quantitative estimate of drug-likeness (QED) is 0.505. The van der Waals surface area contributed by atoms with Crippen molar-refractivity contribution in [2.75, 3.05) is 0 Å². The van der Waals surface area contributed by atoms with E-state index < -0.39 is 9.84 Å². The van der Waals surface area contributed by atoms with E-state index in [4.69, 9.17) is 4.42 Å². The molecule has 0 unspecified atom stereocenters. The minimum Gasteiger partial charge on any atom is -0.444 e. The third-order valence-electron chi connectivity index (χ3n) is 3.82. The van der Waals surface area contributed by atoms with Crippen LogP contribution in [0.4, 0.5) is 0 Å². The molecular formula is C18H15N5O3S. The fraction of sp³-hybridized carbons (Fsp3) is 0.111. The van der Waals surface area contributed by atoms with Gasteiger partial charge in [0.15, 0.2) is 15.7 Å². The van der Waals surface area contributed by atoms with Gasteiger partial charge in [0.05, 0.1) is 17.1 Å². The zero-order valence-corrected chi connectivity index (χ0v) is 15.0. The van der Waals surface area contributed by atoms with Gasteiger partial charge < -0.3 is 4.42 Å². The van der Waals surface area contributed by atoms with E-state index in [2.05, 4.69) is 20.5 Å². The molecule has 8 nitrogen and oxygen atoms in total. The maximum atomic E-state index is 12.6. The zero-order valence-electron chi connectivity index (χ0n) is 14.1. The van der Waals surface area contributed by atoms with Gasteiger partial charge >= 0.3 is 0 Å². The summed E-state index contributed by atoms with van der Waals surface area (Å²) in [7, 11) is -3.54. The van der Waals surface area contributed by atoms with E-state index in [1.54, 1.807) is 12.1 Å². The highest BCUT2D eigenvalue weighted by molar-refractivity contribution is 7.89. The molecule has 4 aromatic rings. The van der Waals surface area contributed by atoms with Crippen LogP contribution >= 0.6 is 0 Å². The molecule has 0 atom stereocenters. The number of hydrogen-bond acceptors (Lipinski definition) is 7. The molecule has 0 spiro atoms. The van der Waals surface area contributed by atoms with Crippen LogP contribution in [0.5, 0.6) is 0 Å². The molecule has 0 bridgehead atoms. The number of tetrazole rings is 1. The summed E-state index contributed by atoms with van der Waals surface area (Å²) < 4.78 is 32.0. The maximum Gasteiger partial charge on any atom is 0.226 e. The van der Waals surface area contributed by atoms with Gasteiger partial charge in [-0.2, -0.15) is 4.68 Å². The Bertz CT molecular complexity index is 1140. The summed E-state index contributed by atoms with van der Waals surface area (Å²) in [4.78, 5) is 4.27. The molecule has 0 radical (unpaired) electrons. The first-order chi connectivity index (χ1) is 13.1. The molecule has 2 aromatic heterocycles. The summed E-state index contributed by atoms with van der Waals surface area (Å²) in [5.74, 6) is 0.0656. The Hall–Kier alpha value is -3.33. The number of para-hydroxylation sites is 1. The van der Waals surface area contributed by atoms with Crippen LogP contribution in [0, 0.1) is 0 Å². The van der Waals surface area contributed by atoms with Crippen molar-refractivity contribution in [2.45, 2.75) is 11.5 Å². The summed E-state index contributed by atoms with van der Waals surface area (Å²) >= 11 is 0. The minimum atomic E-state index is -3.54. The summed E-state index contributed by atoms with van der Waals surface area (Å²) in [6.07, 6.45) is 1.36. The van der Waals surface area contributed by atoms with Crippen molar-refractivity contribution in [1.82, 2.24) is 25.2 Å². The van der Waals surface area contributed by atoms with Crippen molar-refractivity contribution in [3.63, 3.8) is 0 Å². The van der Waals surface area contributed by atoms with Gasteiger partial charge in [-0.1, -0.05) is 36.4 Å². The number of nitrogens with zero attached hydrogens (tertiary/aromatic N) is 5. The molecule has 4 rings (SSSR count). The van der Waals surface area contributed by atoms with Gasteiger partial charge in [0.2, 0.25) is 5.89 Å². The summed E-state index contributed by atoms with van der Waals surface area (Å²) in [5, 5.41) is 11.3. The molecule has 136 valence electrons. The molecule has 0 amide bonds. The summed E-state index contributed by atoms with van der Waals surface area (Å²) in [6.45, 7) is 0. The molecule has 0 aliphatic carbocycles. The first-order valence-electron chi connectivity index (χ1n) is 8.14. The predicted octanol–water partition coefficient (Wildman–Crippen LogP) is 2.43. The van der Waals surface area contributed by atoms with Crippen molar-refractivity contribution in [1.29, 1.82) is 0 Å². The Labute approximate surface area is 155 Å². The topological polar surface area (TPSA) is 104 Å². The second-order valence-electron chi connectivity index (χ2n) is 5.88. The summed E-state index contributed by atoms with van der Waals surface area (Å²) in [6, 6.07) is 18.4. The smallest absolute Gasteiger partial charge is 0.226 e. The van der Waals surface area contributed by atoms with Crippen LogP contribution in [0.1, 0.15) is 11.5 Å². The number of hydrogen-bond donors (Lipinski definition) is 0. The van der Waals surface area contributed by atoms with Crippen molar-refractivity contribution in [3.05, 3.63) is 78.4 Å². The lowest BCUT2D eigenvalue weighted by molar-refractivity contribution is 0.571. The van der Waals surface area contributed by atoms with Gasteiger partial charge in [0.1, 0.15) is 12.0 Å². The third-order valence-corrected chi connectivity index (χ3v) is 5.26. The van der Waals surface area contributed by atoms with E-state index in [0.717, 1.165) is 5.56 Å². The molecule has 2 aromatic carbocycles. The Morgan fingerprint density at radius 1 is 0.926 bits per heavy atom. The average Bonchev–Trinajstić information content (AvgIpc) is 3.32. The lowest BCUT2D eigenvalue weighted by atomic mass is 10.2.